The Kier molecular flexibility index (Phi) is 5.77. The van der Waals surface area contributed by atoms with Gasteiger partial charge in [0, 0.05) is 0 Å². The lowest BCUT2D eigenvalue weighted by molar-refractivity contribution is 0.00187. The predicted molar refractivity (Wildman–Crippen MR) is 87.4 cm³/mol. The molecule has 0 saturated carbocycles. The van der Waals surface area contributed by atoms with Gasteiger partial charge in [-0.05, 0) is 59.7 Å². The van der Waals surface area contributed by atoms with Crippen LogP contribution in [-0.4, -0.2) is 30.3 Å². The molecule has 0 aromatic heterocycles. The van der Waals surface area contributed by atoms with Crippen LogP contribution in [-0.2, 0) is 14.3 Å². The highest BCUT2D eigenvalue weighted by Crippen LogP contribution is 2.22. The molecule has 0 bridgehead atoms. The van der Waals surface area contributed by atoms with Crippen molar-refractivity contribution in [3.8, 4) is 0 Å². The summed E-state index contributed by atoms with van der Waals surface area (Å²) < 4.78 is 10.7. The van der Waals surface area contributed by atoms with Gasteiger partial charge in [-0.3, -0.25) is 10.3 Å². The SMILES string of the molecule is CONc1ccc(C(=O)OC(C)(C)C)c(C(=O)OC(C)(C)C)c1. The van der Waals surface area contributed by atoms with Gasteiger partial charge >= 0.3 is 11.9 Å². The summed E-state index contributed by atoms with van der Waals surface area (Å²) in [5.41, 5.74) is 2.08. The van der Waals surface area contributed by atoms with Crippen molar-refractivity contribution in [2.75, 3.05) is 12.6 Å². The molecule has 0 amide bonds. The minimum Gasteiger partial charge on any atom is -0.456 e. The summed E-state index contributed by atoms with van der Waals surface area (Å²) in [6.45, 7) is 10.6. The first kappa shape index (κ1) is 19.0. The molecule has 1 N–H and O–H groups in total. The monoisotopic (exact) mass is 323 g/mol. The fourth-order valence-electron chi connectivity index (χ4n) is 1.74. The normalized spacial score (nSPS) is 11.8. The number of esters is 2. The fourth-order valence-corrected chi connectivity index (χ4v) is 1.74. The van der Waals surface area contributed by atoms with E-state index in [9.17, 15) is 9.59 Å². The van der Waals surface area contributed by atoms with E-state index in [0.717, 1.165) is 0 Å². The average molecular weight is 323 g/mol. The zero-order chi connectivity index (χ0) is 17.8. The molecule has 0 heterocycles. The molecule has 1 aromatic rings. The van der Waals surface area contributed by atoms with E-state index in [1.807, 2.05) is 0 Å². The average Bonchev–Trinajstić information content (AvgIpc) is 2.34. The highest BCUT2D eigenvalue weighted by Gasteiger charge is 2.26. The first-order chi connectivity index (χ1) is 10.4. The van der Waals surface area contributed by atoms with Gasteiger partial charge in [0.05, 0.1) is 23.9 Å². The van der Waals surface area contributed by atoms with Crippen molar-refractivity contribution in [2.45, 2.75) is 52.7 Å². The molecule has 0 unspecified atom stereocenters. The summed E-state index contributed by atoms with van der Waals surface area (Å²) in [6.07, 6.45) is 0. The third-order valence-corrected chi connectivity index (χ3v) is 2.48. The van der Waals surface area contributed by atoms with Gasteiger partial charge in [0.25, 0.3) is 0 Å². The summed E-state index contributed by atoms with van der Waals surface area (Å²) in [4.78, 5) is 29.6. The van der Waals surface area contributed by atoms with Gasteiger partial charge in [0.1, 0.15) is 11.2 Å². The second-order valence-electron chi connectivity index (χ2n) is 7.07. The highest BCUT2D eigenvalue weighted by atomic mass is 16.6. The molecular weight excluding hydrogens is 298 g/mol. The van der Waals surface area contributed by atoms with E-state index in [2.05, 4.69) is 5.48 Å². The summed E-state index contributed by atoms with van der Waals surface area (Å²) in [5.74, 6) is -1.18. The molecule has 23 heavy (non-hydrogen) atoms. The van der Waals surface area contributed by atoms with Crippen LogP contribution < -0.4 is 5.48 Å². The van der Waals surface area contributed by atoms with E-state index in [0.29, 0.717) is 5.69 Å². The number of carbonyl (C=O) groups is 2. The maximum absolute atomic E-state index is 12.4. The summed E-state index contributed by atoms with van der Waals surface area (Å²) in [5, 5.41) is 0. The van der Waals surface area contributed by atoms with Crippen LogP contribution in [0.4, 0.5) is 5.69 Å². The van der Waals surface area contributed by atoms with Crippen molar-refractivity contribution in [1.29, 1.82) is 0 Å². The Balaban J connectivity index is 3.23. The van der Waals surface area contributed by atoms with E-state index < -0.39 is 23.1 Å². The first-order valence-electron chi connectivity index (χ1n) is 7.33. The lowest BCUT2D eigenvalue weighted by Crippen LogP contribution is -2.28. The standard InChI is InChI=1S/C17H25NO5/c1-16(2,3)22-14(19)12-9-8-11(18-21-7)10-13(12)15(20)23-17(4,5)6/h8-10,18H,1-7H3. The molecule has 0 aliphatic carbocycles. The topological polar surface area (TPSA) is 73.9 Å². The minimum atomic E-state index is -0.674. The van der Waals surface area contributed by atoms with E-state index in [1.165, 1.54) is 19.2 Å². The zero-order valence-electron chi connectivity index (χ0n) is 14.8. The number of carbonyl (C=O) groups excluding carboxylic acids is 2. The number of benzene rings is 1. The quantitative estimate of drug-likeness (QED) is 0.674. The number of anilines is 1. The van der Waals surface area contributed by atoms with E-state index >= 15 is 0 Å². The summed E-state index contributed by atoms with van der Waals surface area (Å²) in [6, 6.07) is 4.63. The third kappa shape index (κ3) is 6.28. The van der Waals surface area contributed by atoms with Crippen molar-refractivity contribution in [2.24, 2.45) is 0 Å². The molecule has 0 atom stereocenters. The largest absolute Gasteiger partial charge is 0.456 e. The maximum Gasteiger partial charge on any atom is 0.339 e. The van der Waals surface area contributed by atoms with Crippen molar-refractivity contribution < 1.29 is 23.9 Å². The predicted octanol–water partition coefficient (Wildman–Crippen LogP) is 3.57. The Morgan fingerprint density at radius 3 is 1.78 bits per heavy atom. The van der Waals surface area contributed by atoms with E-state index in [-0.39, 0.29) is 11.1 Å². The summed E-state index contributed by atoms with van der Waals surface area (Å²) in [7, 11) is 1.45. The van der Waals surface area contributed by atoms with Gasteiger partial charge in [0.2, 0.25) is 0 Å². The van der Waals surface area contributed by atoms with Gasteiger partial charge in [-0.1, -0.05) is 0 Å². The Morgan fingerprint density at radius 2 is 1.35 bits per heavy atom. The fraction of sp³-hybridized carbons (Fsp3) is 0.529. The highest BCUT2D eigenvalue weighted by molar-refractivity contribution is 6.04. The first-order valence-corrected chi connectivity index (χ1v) is 7.33. The lowest BCUT2D eigenvalue weighted by atomic mass is 10.1. The maximum atomic E-state index is 12.4. The van der Waals surface area contributed by atoms with Crippen molar-refractivity contribution in [1.82, 2.24) is 0 Å². The van der Waals surface area contributed by atoms with Gasteiger partial charge in [0.15, 0.2) is 0 Å². The Hall–Kier alpha value is -2.08. The lowest BCUT2D eigenvalue weighted by Gasteiger charge is -2.23. The van der Waals surface area contributed by atoms with Crippen LogP contribution in [0.15, 0.2) is 18.2 Å². The number of hydrogen-bond acceptors (Lipinski definition) is 6. The Labute approximate surface area is 137 Å². The molecule has 0 aliphatic rings. The van der Waals surface area contributed by atoms with Crippen LogP contribution in [0.1, 0.15) is 62.3 Å². The Bertz CT molecular complexity index is 582. The molecule has 0 aliphatic heterocycles. The van der Waals surface area contributed by atoms with Crippen molar-refractivity contribution in [3.05, 3.63) is 29.3 Å². The molecule has 0 fully saturated rings. The van der Waals surface area contributed by atoms with Crippen LogP contribution in [0, 0.1) is 0 Å². The van der Waals surface area contributed by atoms with Crippen LogP contribution in [0.2, 0.25) is 0 Å². The number of nitrogens with one attached hydrogen (secondary N) is 1. The van der Waals surface area contributed by atoms with Crippen molar-refractivity contribution >= 4 is 17.6 Å². The van der Waals surface area contributed by atoms with Gasteiger partial charge < -0.3 is 9.47 Å². The molecule has 1 aromatic carbocycles. The second kappa shape index (κ2) is 7.00. The smallest absolute Gasteiger partial charge is 0.339 e. The second-order valence-corrected chi connectivity index (χ2v) is 7.07. The number of rotatable bonds is 4. The minimum absolute atomic E-state index is 0.122. The van der Waals surface area contributed by atoms with Crippen LogP contribution >= 0.6 is 0 Å². The molecule has 1 rings (SSSR count). The molecule has 0 spiro atoms. The molecular formula is C17H25NO5. The number of hydrogen-bond donors (Lipinski definition) is 1. The van der Waals surface area contributed by atoms with Gasteiger partial charge in [-0.25, -0.2) is 9.59 Å². The van der Waals surface area contributed by atoms with Crippen LogP contribution in [0.25, 0.3) is 0 Å². The Morgan fingerprint density at radius 1 is 0.870 bits per heavy atom. The van der Waals surface area contributed by atoms with Crippen LogP contribution in [0.3, 0.4) is 0 Å². The zero-order valence-corrected chi connectivity index (χ0v) is 14.8. The molecule has 0 radical (unpaired) electrons. The number of ether oxygens (including phenoxy) is 2. The molecule has 0 saturated heterocycles. The molecule has 6 heteroatoms. The van der Waals surface area contributed by atoms with E-state index in [1.54, 1.807) is 47.6 Å². The van der Waals surface area contributed by atoms with Gasteiger partial charge in [-0.2, -0.15) is 0 Å². The van der Waals surface area contributed by atoms with Crippen LogP contribution in [0.5, 0.6) is 0 Å². The molecule has 6 nitrogen and oxygen atoms in total. The van der Waals surface area contributed by atoms with E-state index in [4.69, 9.17) is 14.3 Å². The van der Waals surface area contributed by atoms with Gasteiger partial charge in [-0.15, -0.1) is 0 Å². The van der Waals surface area contributed by atoms with Crippen molar-refractivity contribution in [3.63, 3.8) is 0 Å². The molecule has 128 valence electrons. The third-order valence-electron chi connectivity index (χ3n) is 2.48. The summed E-state index contributed by atoms with van der Waals surface area (Å²) >= 11 is 0.